The van der Waals surface area contributed by atoms with Crippen molar-refractivity contribution in [2.45, 2.75) is 148 Å². The van der Waals surface area contributed by atoms with Gasteiger partial charge in [0.25, 0.3) is 0 Å². The monoisotopic (exact) mass is 630 g/mol. The van der Waals surface area contributed by atoms with Gasteiger partial charge in [0.05, 0.1) is 0 Å². The average molecular weight is 631 g/mol. The molecule has 1 heterocycles. The molecule has 39 heavy (non-hydrogen) atoms. The van der Waals surface area contributed by atoms with Gasteiger partial charge in [0.2, 0.25) is 0 Å². The van der Waals surface area contributed by atoms with E-state index in [1.165, 1.54) is 77.0 Å². The Morgan fingerprint density at radius 1 is 0.538 bits per heavy atom. The normalized spacial score (nSPS) is 21.0. The molecule has 0 aliphatic carbocycles. The first-order valence-electron chi connectivity index (χ1n) is 13.4. The SMILES string of the molecule is CCCCCCCCCCOC1OC(O)C(OCCCCCCCCCC)C(C)C1O.[CH3-].[CH3-].[CH3-].[CH3-].[CH3-].[CH3-].[Ti+3].[Ti+3]. The molecule has 0 aromatic carbocycles. The van der Waals surface area contributed by atoms with E-state index in [-0.39, 0.29) is 93.9 Å². The Hall–Kier alpha value is 1.23. The molecule has 0 bridgehead atoms. The molecule has 0 amide bonds. The molecule has 1 saturated heterocycles. The second-order valence-corrected chi connectivity index (χ2v) is 9.40. The van der Waals surface area contributed by atoms with Crippen LogP contribution in [0.25, 0.3) is 0 Å². The fourth-order valence-electron chi connectivity index (χ4n) is 4.26. The second kappa shape index (κ2) is 41.4. The van der Waals surface area contributed by atoms with Crippen LogP contribution in [0.2, 0.25) is 0 Å². The Balaban J connectivity index is -0.000000200. The Kier molecular flexibility index (Phi) is 63.2. The molecule has 1 aliphatic heterocycles. The minimum absolute atomic E-state index is 0. The molecule has 5 atom stereocenters. The molecule has 7 heteroatoms. The van der Waals surface area contributed by atoms with E-state index in [4.69, 9.17) is 14.2 Å². The van der Waals surface area contributed by atoms with Gasteiger partial charge in [-0.15, -0.1) is 0 Å². The standard InChI is InChI=1S/C26H52O5.6CH3.2Ti/c1-4-6-8-10-12-14-16-18-20-29-24-22(3)23(27)26(31-25(24)28)30-21-19-17-15-13-11-9-7-5-2;;;;;;;;/h22-28H,4-21H2,1-3H3;6*1H3;;/q;6*-1;2*+3. The van der Waals surface area contributed by atoms with Gasteiger partial charge >= 0.3 is 43.4 Å². The van der Waals surface area contributed by atoms with Crippen LogP contribution in [0, 0.1) is 50.5 Å². The van der Waals surface area contributed by atoms with Crippen molar-refractivity contribution in [2.24, 2.45) is 5.92 Å². The van der Waals surface area contributed by atoms with Gasteiger partial charge in [0.1, 0.15) is 12.2 Å². The number of aliphatic hydroxyl groups excluding tert-OH is 2. The van der Waals surface area contributed by atoms with E-state index >= 15 is 0 Å². The molecule has 1 aliphatic rings. The number of hydrogen-bond acceptors (Lipinski definition) is 5. The second-order valence-electron chi connectivity index (χ2n) is 9.40. The molecule has 0 aromatic rings. The van der Waals surface area contributed by atoms with Gasteiger partial charge in [0, 0.05) is 19.1 Å². The largest absolute Gasteiger partial charge is 3.00 e. The Morgan fingerprint density at radius 2 is 0.872 bits per heavy atom. The Morgan fingerprint density at radius 3 is 1.26 bits per heavy atom. The zero-order valence-electron chi connectivity index (χ0n) is 27.7. The van der Waals surface area contributed by atoms with E-state index in [0.29, 0.717) is 13.2 Å². The van der Waals surface area contributed by atoms with Gasteiger partial charge in [0.15, 0.2) is 12.6 Å². The molecule has 0 aromatic heterocycles. The summed E-state index contributed by atoms with van der Waals surface area (Å²) in [6.45, 7) is 7.54. The van der Waals surface area contributed by atoms with Crippen LogP contribution < -0.4 is 0 Å². The van der Waals surface area contributed by atoms with Crippen molar-refractivity contribution in [1.82, 2.24) is 0 Å². The maximum Gasteiger partial charge on any atom is 3.00 e. The Labute approximate surface area is 278 Å². The summed E-state index contributed by atoms with van der Waals surface area (Å²) >= 11 is 0. The van der Waals surface area contributed by atoms with E-state index in [1.807, 2.05) is 6.92 Å². The van der Waals surface area contributed by atoms with Crippen LogP contribution in [0.5, 0.6) is 0 Å². The number of aliphatic hydroxyl groups is 2. The molecular formula is C32H70O5Ti2. The van der Waals surface area contributed by atoms with E-state index in [0.717, 1.165) is 25.7 Å². The number of hydrogen-bond donors (Lipinski definition) is 2. The fourth-order valence-corrected chi connectivity index (χ4v) is 4.26. The van der Waals surface area contributed by atoms with E-state index in [9.17, 15) is 10.2 Å². The van der Waals surface area contributed by atoms with Crippen LogP contribution in [0.1, 0.15) is 124 Å². The summed E-state index contributed by atoms with van der Waals surface area (Å²) in [5, 5.41) is 20.9. The summed E-state index contributed by atoms with van der Waals surface area (Å²) < 4.78 is 17.2. The summed E-state index contributed by atoms with van der Waals surface area (Å²) in [4.78, 5) is 0. The van der Waals surface area contributed by atoms with Gasteiger partial charge in [-0.05, 0) is 12.8 Å². The molecule has 2 radical (unpaired) electrons. The molecule has 2 N–H and O–H groups in total. The third-order valence-corrected chi connectivity index (χ3v) is 6.48. The van der Waals surface area contributed by atoms with E-state index < -0.39 is 24.8 Å². The average Bonchev–Trinajstić information content (AvgIpc) is 2.76. The zero-order valence-corrected chi connectivity index (χ0v) is 30.9. The van der Waals surface area contributed by atoms with Crippen LogP contribution in [-0.4, -0.2) is 48.2 Å². The first-order valence-corrected chi connectivity index (χ1v) is 13.4. The summed E-state index contributed by atoms with van der Waals surface area (Å²) in [6, 6.07) is 0. The van der Waals surface area contributed by atoms with E-state index in [1.54, 1.807) is 0 Å². The van der Waals surface area contributed by atoms with Crippen molar-refractivity contribution < 1.29 is 67.9 Å². The summed E-state index contributed by atoms with van der Waals surface area (Å²) in [5.74, 6) is -0.221. The minimum Gasteiger partial charge on any atom is -0.387 e. The maximum absolute atomic E-state index is 10.6. The van der Waals surface area contributed by atoms with E-state index in [2.05, 4.69) is 13.8 Å². The van der Waals surface area contributed by atoms with Gasteiger partial charge < -0.3 is 69.0 Å². The van der Waals surface area contributed by atoms with Gasteiger partial charge in [-0.25, -0.2) is 0 Å². The van der Waals surface area contributed by atoms with Crippen molar-refractivity contribution in [3.8, 4) is 0 Å². The molecule has 5 unspecified atom stereocenters. The predicted octanol–water partition coefficient (Wildman–Crippen LogP) is 9.04. The van der Waals surface area contributed by atoms with Gasteiger partial charge in [-0.3, -0.25) is 0 Å². The first-order chi connectivity index (χ1) is 15.1. The van der Waals surface area contributed by atoms with Crippen molar-refractivity contribution >= 4 is 0 Å². The number of rotatable bonds is 20. The molecular weight excluding hydrogens is 560 g/mol. The fraction of sp³-hybridized carbons (Fsp3) is 0.812. The molecule has 0 saturated carbocycles. The van der Waals surface area contributed by atoms with Crippen LogP contribution in [0.4, 0.5) is 0 Å². The number of ether oxygens (including phenoxy) is 3. The third-order valence-electron chi connectivity index (χ3n) is 6.48. The van der Waals surface area contributed by atoms with Gasteiger partial charge in [-0.2, -0.15) is 0 Å². The smallest absolute Gasteiger partial charge is 0.387 e. The quantitative estimate of drug-likeness (QED) is 0.0798. The van der Waals surface area contributed by atoms with Crippen molar-refractivity contribution in [2.75, 3.05) is 13.2 Å². The first kappa shape index (κ1) is 59.6. The van der Waals surface area contributed by atoms with Crippen LogP contribution >= 0.6 is 0 Å². The van der Waals surface area contributed by atoms with Crippen molar-refractivity contribution in [1.29, 1.82) is 0 Å². The molecule has 236 valence electrons. The van der Waals surface area contributed by atoms with Crippen LogP contribution in [0.3, 0.4) is 0 Å². The summed E-state index contributed by atoms with van der Waals surface area (Å²) in [5.41, 5.74) is 0. The van der Waals surface area contributed by atoms with Crippen LogP contribution in [-0.2, 0) is 57.6 Å². The number of unbranched alkanes of at least 4 members (excludes halogenated alkanes) is 14. The summed E-state index contributed by atoms with van der Waals surface area (Å²) in [7, 11) is 0. The topological polar surface area (TPSA) is 68.2 Å². The van der Waals surface area contributed by atoms with Crippen molar-refractivity contribution in [3.05, 3.63) is 44.6 Å². The molecule has 1 fully saturated rings. The molecule has 0 spiro atoms. The van der Waals surface area contributed by atoms with Gasteiger partial charge in [-0.1, -0.05) is 111 Å². The minimum atomic E-state index is -1.05. The third kappa shape index (κ3) is 29.1. The molecule has 5 nitrogen and oxygen atoms in total. The summed E-state index contributed by atoms with van der Waals surface area (Å²) in [6.07, 6.45) is 16.8. The Bertz CT molecular complexity index is 405. The predicted molar refractivity (Wildman–Crippen MR) is 165 cm³/mol. The zero-order chi connectivity index (χ0) is 22.7. The van der Waals surface area contributed by atoms with Crippen LogP contribution in [0.15, 0.2) is 0 Å². The van der Waals surface area contributed by atoms with Crippen molar-refractivity contribution in [3.63, 3.8) is 0 Å². The maximum atomic E-state index is 10.6. The molecule has 1 rings (SSSR count).